The average Bonchev–Trinajstić information content (AvgIpc) is 3.08. The highest BCUT2D eigenvalue weighted by Crippen LogP contribution is 2.22. The van der Waals surface area contributed by atoms with E-state index in [1.54, 1.807) is 4.90 Å². The minimum Gasteiger partial charge on any atom is -0.383 e. The molecule has 2 heterocycles. The number of benzene rings is 1. The molecule has 5 nitrogen and oxygen atoms in total. The van der Waals surface area contributed by atoms with Gasteiger partial charge in [0.15, 0.2) is 0 Å². The van der Waals surface area contributed by atoms with Crippen LogP contribution in [0.1, 0.15) is 24.8 Å². The number of carbonyl (C=O) groups is 1. The number of nitrogens with zero attached hydrogens (tertiary/aromatic N) is 2. The number of likely N-dealkylation sites (tertiary alicyclic amines) is 1. The molecule has 2 aliphatic heterocycles. The molecule has 0 bridgehead atoms. The van der Waals surface area contributed by atoms with E-state index in [0.29, 0.717) is 19.1 Å². The molecule has 5 heteroatoms. The molecule has 0 aromatic heterocycles. The van der Waals surface area contributed by atoms with E-state index in [9.17, 15) is 9.90 Å². The highest BCUT2D eigenvalue weighted by atomic mass is 16.5. The van der Waals surface area contributed by atoms with E-state index in [-0.39, 0.29) is 11.8 Å². The third-order valence-electron chi connectivity index (χ3n) is 5.49. The Labute approximate surface area is 150 Å². The summed E-state index contributed by atoms with van der Waals surface area (Å²) in [5, 5.41) is 10.4. The van der Waals surface area contributed by atoms with Crippen molar-refractivity contribution in [3.8, 4) is 0 Å². The summed E-state index contributed by atoms with van der Waals surface area (Å²) < 4.78 is 5.32. The number of carbonyl (C=O) groups excluding carboxylic acids is 1. The van der Waals surface area contributed by atoms with E-state index in [2.05, 4.69) is 29.2 Å². The van der Waals surface area contributed by atoms with Gasteiger partial charge in [-0.3, -0.25) is 9.69 Å². The van der Waals surface area contributed by atoms with Crippen molar-refractivity contribution in [1.82, 2.24) is 9.80 Å². The lowest BCUT2D eigenvalue weighted by Crippen LogP contribution is -2.44. The zero-order valence-corrected chi connectivity index (χ0v) is 15.1. The maximum atomic E-state index is 12.5. The molecule has 1 amide bonds. The molecule has 0 spiro atoms. The van der Waals surface area contributed by atoms with Gasteiger partial charge in [0.2, 0.25) is 0 Å². The topological polar surface area (TPSA) is 53.0 Å². The lowest BCUT2D eigenvalue weighted by atomic mass is 9.93. The molecule has 0 saturated carbocycles. The molecular formula is C20H30N2O3. The second-order valence-corrected chi connectivity index (χ2v) is 7.49. The smallest absolute Gasteiger partial charge is 0.251 e. The first-order valence-electron chi connectivity index (χ1n) is 9.40. The SMILES string of the molecule is CN(CC1CCN(Cc2ccccc2)C1)C(=O)[C@H](O)C1CCOCC1. The molecule has 1 N–H and O–H groups in total. The summed E-state index contributed by atoms with van der Waals surface area (Å²) in [5.74, 6) is 0.398. The van der Waals surface area contributed by atoms with E-state index in [1.807, 2.05) is 13.1 Å². The van der Waals surface area contributed by atoms with Crippen LogP contribution in [-0.2, 0) is 16.1 Å². The number of amides is 1. The van der Waals surface area contributed by atoms with E-state index in [0.717, 1.165) is 45.4 Å². The molecule has 3 rings (SSSR count). The molecule has 2 aliphatic rings. The van der Waals surface area contributed by atoms with E-state index in [4.69, 9.17) is 4.74 Å². The first-order chi connectivity index (χ1) is 12.1. The molecule has 2 fully saturated rings. The summed E-state index contributed by atoms with van der Waals surface area (Å²) in [6.07, 6.45) is 1.78. The second-order valence-electron chi connectivity index (χ2n) is 7.49. The van der Waals surface area contributed by atoms with Crippen LogP contribution in [0.2, 0.25) is 0 Å². The van der Waals surface area contributed by atoms with E-state index in [1.165, 1.54) is 5.56 Å². The van der Waals surface area contributed by atoms with Crippen molar-refractivity contribution in [2.75, 3.05) is 39.9 Å². The Bertz CT molecular complexity index is 545. The Balaban J connectivity index is 1.44. The van der Waals surface area contributed by atoms with Gasteiger partial charge in [-0.2, -0.15) is 0 Å². The molecule has 1 aromatic carbocycles. The highest BCUT2D eigenvalue weighted by Gasteiger charge is 2.32. The number of rotatable bonds is 6. The van der Waals surface area contributed by atoms with Crippen molar-refractivity contribution in [1.29, 1.82) is 0 Å². The molecule has 0 aliphatic carbocycles. The number of aliphatic hydroxyl groups is 1. The minimum atomic E-state index is -0.879. The van der Waals surface area contributed by atoms with Crippen LogP contribution >= 0.6 is 0 Å². The summed E-state index contributed by atoms with van der Waals surface area (Å²) in [4.78, 5) is 16.7. The fourth-order valence-electron chi connectivity index (χ4n) is 3.98. The third-order valence-corrected chi connectivity index (χ3v) is 5.49. The van der Waals surface area contributed by atoms with Crippen LogP contribution < -0.4 is 0 Å². The van der Waals surface area contributed by atoms with Gasteiger partial charge in [0.25, 0.3) is 5.91 Å². The van der Waals surface area contributed by atoms with Gasteiger partial charge in [0.05, 0.1) is 0 Å². The maximum absolute atomic E-state index is 12.5. The maximum Gasteiger partial charge on any atom is 0.251 e. The summed E-state index contributed by atoms with van der Waals surface area (Å²) in [5.41, 5.74) is 1.34. The summed E-state index contributed by atoms with van der Waals surface area (Å²) >= 11 is 0. The second kappa shape index (κ2) is 8.79. The minimum absolute atomic E-state index is 0.0434. The van der Waals surface area contributed by atoms with Crippen LogP contribution in [0.4, 0.5) is 0 Å². The van der Waals surface area contributed by atoms with Gasteiger partial charge < -0.3 is 14.7 Å². The molecule has 138 valence electrons. The van der Waals surface area contributed by atoms with Gasteiger partial charge in [0.1, 0.15) is 6.10 Å². The Morgan fingerprint density at radius 2 is 2.00 bits per heavy atom. The third kappa shape index (κ3) is 5.03. The monoisotopic (exact) mass is 346 g/mol. The van der Waals surface area contributed by atoms with Crippen LogP contribution in [0.3, 0.4) is 0 Å². The van der Waals surface area contributed by atoms with E-state index >= 15 is 0 Å². The predicted octanol–water partition coefficient (Wildman–Crippen LogP) is 1.75. The van der Waals surface area contributed by atoms with Gasteiger partial charge in [0, 0.05) is 39.9 Å². The van der Waals surface area contributed by atoms with Gasteiger partial charge in [-0.05, 0) is 43.2 Å². The Hall–Kier alpha value is -1.43. The van der Waals surface area contributed by atoms with Crippen LogP contribution in [0.15, 0.2) is 30.3 Å². The van der Waals surface area contributed by atoms with Gasteiger partial charge in [-0.25, -0.2) is 0 Å². The molecule has 0 radical (unpaired) electrons. The summed E-state index contributed by atoms with van der Waals surface area (Å²) in [6, 6.07) is 10.5. The standard InChI is InChI=1S/C20H30N2O3/c1-21(20(24)19(23)18-8-11-25-12-9-18)13-17-7-10-22(15-17)14-16-5-3-2-4-6-16/h2-6,17-19,23H,7-15H2,1H3/t17?,19-/m1/s1. The highest BCUT2D eigenvalue weighted by molar-refractivity contribution is 5.80. The first kappa shape index (κ1) is 18.4. The van der Waals surface area contributed by atoms with Crippen LogP contribution in [-0.4, -0.2) is 66.8 Å². The Morgan fingerprint density at radius 3 is 2.72 bits per heavy atom. The van der Waals surface area contributed by atoms with Gasteiger partial charge in [-0.1, -0.05) is 30.3 Å². The van der Waals surface area contributed by atoms with Gasteiger partial charge in [-0.15, -0.1) is 0 Å². The largest absolute Gasteiger partial charge is 0.383 e. The molecule has 1 aromatic rings. The Morgan fingerprint density at radius 1 is 1.28 bits per heavy atom. The van der Waals surface area contributed by atoms with Crippen molar-refractivity contribution in [3.05, 3.63) is 35.9 Å². The number of aliphatic hydroxyl groups excluding tert-OH is 1. The zero-order valence-electron chi connectivity index (χ0n) is 15.1. The molecule has 2 atom stereocenters. The van der Waals surface area contributed by atoms with Crippen molar-refractivity contribution >= 4 is 5.91 Å². The van der Waals surface area contributed by atoms with Crippen molar-refractivity contribution in [3.63, 3.8) is 0 Å². The van der Waals surface area contributed by atoms with Crippen molar-refractivity contribution in [2.45, 2.75) is 31.9 Å². The number of ether oxygens (including phenoxy) is 1. The average molecular weight is 346 g/mol. The van der Waals surface area contributed by atoms with E-state index < -0.39 is 6.10 Å². The van der Waals surface area contributed by atoms with Crippen molar-refractivity contribution in [2.24, 2.45) is 11.8 Å². The Kier molecular flexibility index (Phi) is 6.45. The number of hydrogen-bond donors (Lipinski definition) is 1. The number of likely N-dealkylation sites (N-methyl/N-ethyl adjacent to an activating group) is 1. The first-order valence-corrected chi connectivity index (χ1v) is 9.40. The molecule has 25 heavy (non-hydrogen) atoms. The van der Waals surface area contributed by atoms with Crippen LogP contribution in [0.25, 0.3) is 0 Å². The zero-order chi connectivity index (χ0) is 17.6. The quantitative estimate of drug-likeness (QED) is 0.853. The normalized spacial score (nSPS) is 23.5. The number of hydrogen-bond acceptors (Lipinski definition) is 4. The van der Waals surface area contributed by atoms with Crippen molar-refractivity contribution < 1.29 is 14.6 Å². The molecule has 2 saturated heterocycles. The summed E-state index contributed by atoms with van der Waals surface area (Å²) in [7, 11) is 1.82. The van der Waals surface area contributed by atoms with Crippen LogP contribution in [0, 0.1) is 11.8 Å². The lowest BCUT2D eigenvalue weighted by molar-refractivity contribution is -0.144. The molecular weight excluding hydrogens is 316 g/mol. The molecule has 1 unspecified atom stereocenters. The predicted molar refractivity (Wildman–Crippen MR) is 97.0 cm³/mol. The van der Waals surface area contributed by atoms with Gasteiger partial charge >= 0.3 is 0 Å². The fourth-order valence-corrected chi connectivity index (χ4v) is 3.98. The summed E-state index contributed by atoms with van der Waals surface area (Å²) in [6.45, 7) is 5.08. The van der Waals surface area contributed by atoms with Crippen LogP contribution in [0.5, 0.6) is 0 Å². The lowest BCUT2D eigenvalue weighted by Gasteiger charge is -2.30. The fraction of sp³-hybridized carbons (Fsp3) is 0.650.